The van der Waals surface area contributed by atoms with Crippen LogP contribution in [0, 0.1) is 11.3 Å². The zero-order valence-electron chi connectivity index (χ0n) is 18.2. The van der Waals surface area contributed by atoms with Gasteiger partial charge in [0, 0.05) is 10.8 Å². The molecule has 0 radical (unpaired) electrons. The summed E-state index contributed by atoms with van der Waals surface area (Å²) in [6.07, 6.45) is 0. The molecule has 4 aromatic rings. The molecule has 1 heterocycles. The van der Waals surface area contributed by atoms with Crippen LogP contribution in [0.15, 0.2) is 60.7 Å². The van der Waals surface area contributed by atoms with Gasteiger partial charge in [-0.15, -0.1) is 0 Å². The summed E-state index contributed by atoms with van der Waals surface area (Å²) >= 11 is 0. The van der Waals surface area contributed by atoms with Crippen molar-refractivity contribution in [2.75, 3.05) is 0 Å². The first-order valence-electron chi connectivity index (χ1n) is 10.2. The van der Waals surface area contributed by atoms with Gasteiger partial charge >= 0.3 is 0 Å². The molecular weight excluding hydrogens is 352 g/mol. The van der Waals surface area contributed by atoms with Crippen molar-refractivity contribution < 1.29 is 0 Å². The molecule has 0 spiro atoms. The summed E-state index contributed by atoms with van der Waals surface area (Å²) in [6.45, 7) is 13.4. The SMILES string of the molecule is CC(C)(C)c1cc(C#N)cc(C(C)(C)C)c1-n1c2ccccc2c2ccccc21. The Kier molecular flexibility index (Phi) is 4.32. The van der Waals surface area contributed by atoms with Crippen LogP contribution in [0.2, 0.25) is 0 Å². The average Bonchev–Trinajstić information content (AvgIpc) is 3.00. The fraction of sp³-hybridized carbons (Fsp3) is 0.296. The summed E-state index contributed by atoms with van der Waals surface area (Å²) in [5.41, 5.74) is 6.54. The second-order valence-corrected chi connectivity index (χ2v) is 9.90. The Bertz CT molecular complexity index is 1180. The van der Waals surface area contributed by atoms with E-state index in [9.17, 15) is 5.26 Å². The molecule has 0 aliphatic heterocycles. The fourth-order valence-corrected chi connectivity index (χ4v) is 4.25. The van der Waals surface area contributed by atoms with Gasteiger partial charge in [0.1, 0.15) is 0 Å². The van der Waals surface area contributed by atoms with Crippen LogP contribution in [0.1, 0.15) is 58.2 Å². The molecule has 0 unspecified atom stereocenters. The lowest BCUT2D eigenvalue weighted by Crippen LogP contribution is -2.22. The van der Waals surface area contributed by atoms with E-state index in [4.69, 9.17) is 0 Å². The number of aromatic nitrogens is 1. The molecule has 0 N–H and O–H groups in total. The van der Waals surface area contributed by atoms with Crippen molar-refractivity contribution in [1.29, 1.82) is 5.26 Å². The number of rotatable bonds is 1. The average molecular weight is 381 g/mol. The normalized spacial score (nSPS) is 12.4. The summed E-state index contributed by atoms with van der Waals surface area (Å²) in [6, 6.07) is 23.8. The summed E-state index contributed by atoms with van der Waals surface area (Å²) < 4.78 is 2.41. The number of nitriles is 1. The Hall–Kier alpha value is -3.05. The monoisotopic (exact) mass is 380 g/mol. The summed E-state index contributed by atoms with van der Waals surface area (Å²) in [5, 5.41) is 12.2. The van der Waals surface area contributed by atoms with Gasteiger partial charge in [-0.2, -0.15) is 5.26 Å². The van der Waals surface area contributed by atoms with Crippen molar-refractivity contribution in [3.05, 3.63) is 77.4 Å². The second kappa shape index (κ2) is 6.49. The minimum absolute atomic E-state index is 0.103. The van der Waals surface area contributed by atoms with Crippen LogP contribution in [0.4, 0.5) is 0 Å². The topological polar surface area (TPSA) is 28.7 Å². The van der Waals surface area contributed by atoms with Crippen LogP contribution in [0.5, 0.6) is 0 Å². The Morgan fingerprint density at radius 3 is 1.48 bits per heavy atom. The molecule has 29 heavy (non-hydrogen) atoms. The lowest BCUT2D eigenvalue weighted by Gasteiger charge is -2.31. The quantitative estimate of drug-likeness (QED) is 0.342. The Labute approximate surface area is 173 Å². The molecule has 0 aliphatic rings. The third kappa shape index (κ3) is 3.12. The van der Waals surface area contributed by atoms with Gasteiger partial charge in [-0.3, -0.25) is 0 Å². The first-order valence-corrected chi connectivity index (χ1v) is 10.2. The van der Waals surface area contributed by atoms with Gasteiger partial charge in [-0.25, -0.2) is 0 Å². The summed E-state index contributed by atoms with van der Waals surface area (Å²) in [4.78, 5) is 0. The van der Waals surface area contributed by atoms with Crippen molar-refractivity contribution in [2.45, 2.75) is 52.4 Å². The molecular formula is C27H28N2. The number of nitrogens with zero attached hydrogens (tertiary/aromatic N) is 2. The molecule has 0 saturated heterocycles. The Balaban J connectivity index is 2.28. The highest BCUT2D eigenvalue weighted by Crippen LogP contribution is 2.41. The Morgan fingerprint density at radius 1 is 0.690 bits per heavy atom. The van der Waals surface area contributed by atoms with Crippen LogP contribution in [-0.2, 0) is 10.8 Å². The maximum absolute atomic E-state index is 9.73. The van der Waals surface area contributed by atoms with Gasteiger partial charge in [-0.1, -0.05) is 77.9 Å². The van der Waals surface area contributed by atoms with E-state index in [0.29, 0.717) is 0 Å². The molecule has 2 nitrogen and oxygen atoms in total. The van der Waals surface area contributed by atoms with E-state index in [-0.39, 0.29) is 10.8 Å². The maximum Gasteiger partial charge on any atom is 0.0991 e. The molecule has 4 rings (SSSR count). The van der Waals surface area contributed by atoms with Crippen LogP contribution in [0.25, 0.3) is 27.5 Å². The first kappa shape index (κ1) is 19.3. The lowest BCUT2D eigenvalue weighted by molar-refractivity contribution is 0.563. The van der Waals surface area contributed by atoms with Crippen molar-refractivity contribution in [2.24, 2.45) is 0 Å². The van der Waals surface area contributed by atoms with Crippen molar-refractivity contribution in [1.82, 2.24) is 4.57 Å². The zero-order valence-corrected chi connectivity index (χ0v) is 18.2. The third-order valence-electron chi connectivity index (χ3n) is 5.66. The maximum atomic E-state index is 9.73. The van der Waals surface area contributed by atoms with Gasteiger partial charge in [0.15, 0.2) is 0 Å². The smallest absolute Gasteiger partial charge is 0.0991 e. The number of benzene rings is 3. The predicted molar refractivity (Wildman–Crippen MR) is 123 cm³/mol. The molecule has 1 aromatic heterocycles. The van der Waals surface area contributed by atoms with Crippen LogP contribution in [0.3, 0.4) is 0 Å². The fourth-order valence-electron chi connectivity index (χ4n) is 4.25. The van der Waals surface area contributed by atoms with Crippen molar-refractivity contribution >= 4 is 21.8 Å². The first-order chi connectivity index (χ1) is 13.6. The highest BCUT2D eigenvalue weighted by molar-refractivity contribution is 6.09. The van der Waals surface area contributed by atoms with E-state index >= 15 is 0 Å². The number of fused-ring (bicyclic) bond motifs is 3. The number of para-hydroxylation sites is 2. The highest BCUT2D eigenvalue weighted by Gasteiger charge is 2.29. The number of hydrogen-bond acceptors (Lipinski definition) is 1. The van der Waals surface area contributed by atoms with Gasteiger partial charge in [0.25, 0.3) is 0 Å². The largest absolute Gasteiger partial charge is 0.309 e. The van der Waals surface area contributed by atoms with Gasteiger partial charge in [-0.05, 0) is 46.2 Å². The standard InChI is InChI=1S/C27H28N2/c1-26(2,3)21-15-18(17-28)16-22(27(4,5)6)25(21)29-23-13-9-7-11-19(23)20-12-8-10-14-24(20)29/h7-16H,1-6H3. The Morgan fingerprint density at radius 2 is 1.10 bits per heavy atom. The van der Waals surface area contributed by atoms with Crippen LogP contribution in [-0.4, -0.2) is 4.57 Å². The minimum Gasteiger partial charge on any atom is -0.309 e. The van der Waals surface area contributed by atoms with E-state index in [2.05, 4.69) is 113 Å². The van der Waals surface area contributed by atoms with Crippen molar-refractivity contribution in [3.8, 4) is 11.8 Å². The minimum atomic E-state index is -0.103. The molecule has 0 bridgehead atoms. The van der Waals surface area contributed by atoms with E-state index < -0.39 is 0 Å². The molecule has 0 fully saturated rings. The van der Waals surface area contributed by atoms with Gasteiger partial charge in [0.2, 0.25) is 0 Å². The van der Waals surface area contributed by atoms with Crippen molar-refractivity contribution in [3.63, 3.8) is 0 Å². The predicted octanol–water partition coefficient (Wildman–Crippen LogP) is 7.25. The van der Waals surface area contributed by atoms with E-state index in [0.717, 1.165) is 5.56 Å². The van der Waals surface area contributed by atoms with E-state index in [1.165, 1.54) is 38.6 Å². The second-order valence-electron chi connectivity index (χ2n) is 9.90. The molecule has 0 amide bonds. The lowest BCUT2D eigenvalue weighted by atomic mass is 9.77. The molecule has 146 valence electrons. The highest BCUT2D eigenvalue weighted by atomic mass is 15.0. The molecule has 0 saturated carbocycles. The van der Waals surface area contributed by atoms with Gasteiger partial charge < -0.3 is 4.57 Å². The summed E-state index contributed by atoms with van der Waals surface area (Å²) in [7, 11) is 0. The summed E-state index contributed by atoms with van der Waals surface area (Å²) in [5.74, 6) is 0. The zero-order chi connectivity index (χ0) is 21.0. The molecule has 0 atom stereocenters. The third-order valence-corrected chi connectivity index (χ3v) is 5.66. The van der Waals surface area contributed by atoms with Gasteiger partial charge in [0.05, 0.1) is 28.4 Å². The molecule has 0 aliphatic carbocycles. The van der Waals surface area contributed by atoms with Crippen LogP contribution >= 0.6 is 0 Å². The van der Waals surface area contributed by atoms with E-state index in [1.54, 1.807) is 0 Å². The molecule has 2 heteroatoms. The number of hydrogen-bond donors (Lipinski definition) is 0. The van der Waals surface area contributed by atoms with Crippen LogP contribution < -0.4 is 0 Å². The van der Waals surface area contributed by atoms with E-state index in [1.807, 2.05) is 0 Å². The molecule has 3 aromatic carbocycles.